The molecule has 53 heavy (non-hydrogen) atoms. The third-order valence-electron chi connectivity index (χ3n) is 9.68. The lowest BCUT2D eigenvalue weighted by Crippen LogP contribution is -2.43. The van der Waals surface area contributed by atoms with Crippen molar-refractivity contribution in [3.63, 3.8) is 0 Å². The molecule has 13 nitrogen and oxygen atoms in total. The van der Waals surface area contributed by atoms with Crippen LogP contribution in [-0.4, -0.2) is 68.2 Å². The van der Waals surface area contributed by atoms with Crippen LogP contribution in [0.4, 0.5) is 29.5 Å². The first-order chi connectivity index (χ1) is 25.3. The second-order valence-electron chi connectivity index (χ2n) is 14.3. The lowest BCUT2D eigenvalue weighted by atomic mass is 9.91. The molecular weight excluding hydrogens is 748 g/mol. The number of hydrogen-bond acceptors (Lipinski definition) is 14. The van der Waals surface area contributed by atoms with Gasteiger partial charge in [0.2, 0.25) is 5.13 Å². The lowest BCUT2D eigenvalue weighted by molar-refractivity contribution is 0.0636. The number of carbonyl (C=O) groups is 1. The van der Waals surface area contributed by atoms with Gasteiger partial charge in [-0.05, 0) is 62.9 Å². The third-order valence-corrected chi connectivity index (χ3v) is 11.9. The third kappa shape index (κ3) is 6.46. The number of thiophene rings is 1. The predicted octanol–water partition coefficient (Wildman–Crippen LogP) is 7.55. The maximum Gasteiger partial charge on any atom is 0.412 e. The molecule has 0 radical (unpaired) electrons. The summed E-state index contributed by atoms with van der Waals surface area (Å²) in [7, 11) is 0. The van der Waals surface area contributed by atoms with Crippen molar-refractivity contribution in [2.24, 2.45) is 0 Å². The molecule has 3 aromatic heterocycles. The number of nitrogens with one attached hydrogen (secondary N) is 2. The molecule has 0 aliphatic carbocycles. The SMILES string of the molecule is CC(C)(C)OC(=O)Nc1sc2c(F)ccc(-c3c4c(c5c(NCc6nnc(N)s6)nc(OC[C@@]67CCCN6C[C@H](F)C7)nc5c3Cl)COC4)c2c1C#N. The maximum atomic E-state index is 15.5. The Balaban J connectivity index is 1.28. The summed E-state index contributed by atoms with van der Waals surface area (Å²) in [6, 6.07) is 5.06. The summed E-state index contributed by atoms with van der Waals surface area (Å²) in [4.78, 5) is 24.5. The number of alkyl halides is 1. The van der Waals surface area contributed by atoms with E-state index < -0.39 is 29.2 Å². The number of nitrogen functional groups attached to an aromatic ring is 1. The van der Waals surface area contributed by atoms with Crippen molar-refractivity contribution in [3.8, 4) is 23.2 Å². The number of nitrogens with zero attached hydrogens (tertiary/aromatic N) is 6. The number of nitrogens with two attached hydrogens (primary N) is 1. The highest BCUT2D eigenvalue weighted by molar-refractivity contribution is 7.23. The number of nitriles is 1. The zero-order valence-electron chi connectivity index (χ0n) is 28.9. The molecule has 2 aromatic carbocycles. The highest BCUT2D eigenvalue weighted by Crippen LogP contribution is 2.50. The van der Waals surface area contributed by atoms with E-state index in [1.165, 1.54) is 17.4 Å². The van der Waals surface area contributed by atoms with Gasteiger partial charge < -0.3 is 25.3 Å². The Kier molecular flexibility index (Phi) is 9.01. The fraction of sp³-hybridized carbons (Fsp3) is 0.429. The van der Waals surface area contributed by atoms with Crippen LogP contribution in [0.25, 0.3) is 32.1 Å². The van der Waals surface area contributed by atoms with Gasteiger partial charge in [0.25, 0.3) is 0 Å². The smallest absolute Gasteiger partial charge is 0.412 e. The number of carbonyl (C=O) groups excluding carboxylic acids is 1. The van der Waals surface area contributed by atoms with Crippen molar-refractivity contribution >= 4 is 77.3 Å². The van der Waals surface area contributed by atoms with E-state index in [1.54, 1.807) is 26.8 Å². The van der Waals surface area contributed by atoms with E-state index in [2.05, 4.69) is 31.8 Å². The van der Waals surface area contributed by atoms with Crippen LogP contribution >= 0.6 is 34.3 Å². The Labute approximate surface area is 315 Å². The Morgan fingerprint density at radius 3 is 2.79 bits per heavy atom. The second-order valence-corrected chi connectivity index (χ2v) is 16.8. The first-order valence-corrected chi connectivity index (χ1v) is 19.0. The molecule has 276 valence electrons. The summed E-state index contributed by atoms with van der Waals surface area (Å²) in [5.41, 5.74) is 7.41. The molecule has 4 N–H and O–H groups in total. The van der Waals surface area contributed by atoms with E-state index >= 15 is 4.39 Å². The first kappa shape index (κ1) is 35.6. The van der Waals surface area contributed by atoms with E-state index in [0.29, 0.717) is 56.5 Å². The van der Waals surface area contributed by atoms with Crippen LogP contribution in [0.1, 0.15) is 61.7 Å². The Morgan fingerprint density at radius 2 is 2.04 bits per heavy atom. The molecule has 18 heteroatoms. The molecular formula is C35H34ClF2N9O4S2. The minimum atomic E-state index is -0.935. The van der Waals surface area contributed by atoms with Gasteiger partial charge in [-0.1, -0.05) is 29.0 Å². The first-order valence-electron chi connectivity index (χ1n) is 17.0. The van der Waals surface area contributed by atoms with E-state index in [-0.39, 0.29) is 58.0 Å². The number of halogens is 3. The zero-order chi connectivity index (χ0) is 37.2. The van der Waals surface area contributed by atoms with E-state index in [1.807, 2.05) is 0 Å². The molecule has 2 atom stereocenters. The van der Waals surface area contributed by atoms with Crippen LogP contribution in [0, 0.1) is 17.1 Å². The summed E-state index contributed by atoms with van der Waals surface area (Å²) in [6.45, 7) is 7.12. The maximum absolute atomic E-state index is 15.5. The summed E-state index contributed by atoms with van der Waals surface area (Å²) in [5.74, 6) is -0.164. The lowest BCUT2D eigenvalue weighted by Gasteiger charge is -2.30. The normalized spacial score (nSPS) is 19.8. The van der Waals surface area contributed by atoms with E-state index in [0.717, 1.165) is 36.3 Å². The number of anilines is 3. The summed E-state index contributed by atoms with van der Waals surface area (Å²) < 4.78 is 48.0. The number of benzene rings is 2. The van der Waals surface area contributed by atoms with Crippen molar-refractivity contribution < 1.29 is 27.8 Å². The van der Waals surface area contributed by atoms with Gasteiger partial charge in [0.05, 0.1) is 51.5 Å². The molecule has 1 amide bonds. The fourth-order valence-corrected chi connectivity index (χ4v) is 9.57. The predicted molar refractivity (Wildman–Crippen MR) is 199 cm³/mol. The monoisotopic (exact) mass is 781 g/mol. The molecule has 2 fully saturated rings. The van der Waals surface area contributed by atoms with Gasteiger partial charge in [-0.3, -0.25) is 10.2 Å². The molecule has 8 rings (SSSR count). The summed E-state index contributed by atoms with van der Waals surface area (Å²) in [6.07, 6.45) is 0.402. The fourth-order valence-electron chi connectivity index (χ4n) is 7.60. The Bertz CT molecular complexity index is 2340. The van der Waals surface area contributed by atoms with Crippen molar-refractivity contribution in [2.45, 2.75) is 77.1 Å². The molecule has 2 saturated heterocycles. The van der Waals surface area contributed by atoms with Gasteiger partial charge in [0, 0.05) is 23.9 Å². The molecule has 3 aliphatic rings. The van der Waals surface area contributed by atoms with Crippen LogP contribution in [0.15, 0.2) is 12.1 Å². The molecule has 0 bridgehead atoms. The van der Waals surface area contributed by atoms with Gasteiger partial charge in [-0.15, -0.1) is 21.5 Å². The standard InChI is InChI=1S/C35H34ClF2N9O4S2/c1-34(2,3)51-33(48)44-30-18(10-39)24-17(5-6-21(38)28(24)53-30)23-19-13-49-14-20(19)25-27(26(23)36)42-32(43-29(25)41-11-22-45-46-31(40)52-22)50-15-35-7-4-8-47(35)12-16(37)9-35/h5-6,16H,4,7-9,11-15H2,1-3H3,(H2,40,46)(H,44,48)(H,41,42,43)/t16-,35+/m1/s1. The highest BCUT2D eigenvalue weighted by atomic mass is 35.5. The number of rotatable bonds is 8. The highest BCUT2D eigenvalue weighted by Gasteiger charge is 2.49. The minimum Gasteiger partial charge on any atom is -0.461 e. The van der Waals surface area contributed by atoms with E-state index in [4.69, 9.17) is 41.5 Å². The molecule has 0 spiro atoms. The van der Waals surface area contributed by atoms with Crippen molar-refractivity contribution in [3.05, 3.63) is 44.7 Å². The summed E-state index contributed by atoms with van der Waals surface area (Å²) in [5, 5.41) is 26.6. The van der Waals surface area contributed by atoms with Crippen molar-refractivity contribution in [2.75, 3.05) is 36.1 Å². The van der Waals surface area contributed by atoms with Gasteiger partial charge in [0.1, 0.15) is 46.1 Å². The van der Waals surface area contributed by atoms with Crippen LogP contribution in [0.5, 0.6) is 6.01 Å². The minimum absolute atomic E-state index is 0.0355. The number of fused-ring (bicyclic) bond motifs is 5. The molecule has 0 unspecified atom stereocenters. The van der Waals surface area contributed by atoms with Gasteiger partial charge in [0.15, 0.2) is 0 Å². The van der Waals surface area contributed by atoms with Crippen LogP contribution in [0.3, 0.4) is 0 Å². The zero-order valence-corrected chi connectivity index (χ0v) is 31.3. The number of aromatic nitrogens is 4. The number of amides is 1. The molecule has 0 saturated carbocycles. The Hall–Kier alpha value is -4.47. The van der Waals surface area contributed by atoms with Gasteiger partial charge in [-0.2, -0.15) is 15.2 Å². The topological polar surface area (TPSA) is 173 Å². The summed E-state index contributed by atoms with van der Waals surface area (Å²) >= 11 is 9.53. The molecule has 3 aliphatic heterocycles. The van der Waals surface area contributed by atoms with Crippen LogP contribution in [0.2, 0.25) is 5.02 Å². The van der Waals surface area contributed by atoms with Gasteiger partial charge >= 0.3 is 12.1 Å². The molecule has 5 aromatic rings. The number of ether oxygens (including phenoxy) is 3. The second kappa shape index (κ2) is 13.4. The van der Waals surface area contributed by atoms with Crippen LogP contribution < -0.4 is 21.1 Å². The largest absolute Gasteiger partial charge is 0.461 e. The van der Waals surface area contributed by atoms with Crippen LogP contribution in [-0.2, 0) is 29.2 Å². The number of hydrogen-bond donors (Lipinski definition) is 3. The van der Waals surface area contributed by atoms with Gasteiger partial charge in [-0.25, -0.2) is 13.6 Å². The Morgan fingerprint density at radius 1 is 1.23 bits per heavy atom. The quantitative estimate of drug-likeness (QED) is 0.141. The van der Waals surface area contributed by atoms with Crippen molar-refractivity contribution in [1.82, 2.24) is 25.1 Å². The molecule has 6 heterocycles. The van der Waals surface area contributed by atoms with E-state index in [9.17, 15) is 14.4 Å². The average molecular weight is 782 g/mol. The van der Waals surface area contributed by atoms with Crippen molar-refractivity contribution in [1.29, 1.82) is 5.26 Å². The average Bonchev–Trinajstić information content (AvgIpc) is 3.92.